The third-order valence-corrected chi connectivity index (χ3v) is 10.2. The number of fused-ring (bicyclic) bond motifs is 1. The number of nitrogens with one attached hydrogen (secondary N) is 1. The van der Waals surface area contributed by atoms with E-state index in [1.807, 2.05) is 23.6 Å². The summed E-state index contributed by atoms with van der Waals surface area (Å²) in [6.07, 6.45) is 1.40. The van der Waals surface area contributed by atoms with E-state index in [0.29, 0.717) is 41.5 Å². The second-order valence-corrected chi connectivity index (χ2v) is 13.9. The largest absolute Gasteiger partial charge is 0.376 e. The Kier molecular flexibility index (Phi) is 8.01. The third-order valence-electron chi connectivity index (χ3n) is 7.69. The van der Waals surface area contributed by atoms with Crippen molar-refractivity contribution in [2.24, 2.45) is 0 Å². The van der Waals surface area contributed by atoms with E-state index in [2.05, 4.69) is 29.0 Å². The number of thiazole rings is 1. The molecule has 1 N–H and O–H groups in total. The Morgan fingerprint density at radius 3 is 2.69 bits per heavy atom. The number of rotatable bonds is 5. The molecule has 13 heteroatoms. The number of carbonyl (C=O) groups is 2. The number of amides is 2. The van der Waals surface area contributed by atoms with Gasteiger partial charge in [0.05, 0.1) is 41.8 Å². The van der Waals surface area contributed by atoms with E-state index in [4.69, 9.17) is 14.5 Å². The van der Waals surface area contributed by atoms with E-state index in [1.54, 1.807) is 12.1 Å². The number of carbonyl (C=O) groups excluding carboxylic acids is 2. The van der Waals surface area contributed by atoms with Gasteiger partial charge in [0.15, 0.2) is 15.0 Å². The summed E-state index contributed by atoms with van der Waals surface area (Å²) < 4.78 is 36.6. The SMILES string of the molecule is C[C@@H]1CN(c2cccc(-c3csc(NC(=O)C4CCCN4C(=O)c4ccc5c(c4)S(=O)(=O)CCOC5)n3)n2)C[C@H](C)O1. The van der Waals surface area contributed by atoms with Crippen LogP contribution in [0, 0.1) is 0 Å². The van der Waals surface area contributed by atoms with Crippen molar-refractivity contribution in [3.8, 4) is 11.4 Å². The lowest BCUT2D eigenvalue weighted by Gasteiger charge is -2.36. The second kappa shape index (κ2) is 11.7. The number of hydrogen-bond acceptors (Lipinski definition) is 10. The predicted molar refractivity (Wildman–Crippen MR) is 158 cm³/mol. The van der Waals surface area contributed by atoms with Crippen molar-refractivity contribution in [3.63, 3.8) is 0 Å². The molecular formula is C29H33N5O6S2. The number of pyridine rings is 1. The van der Waals surface area contributed by atoms with Gasteiger partial charge in [-0.1, -0.05) is 12.1 Å². The minimum Gasteiger partial charge on any atom is -0.376 e. The summed E-state index contributed by atoms with van der Waals surface area (Å²) in [5.41, 5.74) is 2.14. The molecule has 2 saturated heterocycles. The van der Waals surface area contributed by atoms with E-state index >= 15 is 0 Å². The molecule has 2 fully saturated rings. The Balaban J connectivity index is 1.15. The highest BCUT2D eigenvalue weighted by Crippen LogP contribution is 2.29. The minimum absolute atomic E-state index is 0.112. The van der Waals surface area contributed by atoms with Crippen LogP contribution in [0.25, 0.3) is 11.4 Å². The van der Waals surface area contributed by atoms with Crippen LogP contribution in [0.5, 0.6) is 0 Å². The number of ether oxygens (including phenoxy) is 2. The van der Waals surface area contributed by atoms with E-state index < -0.39 is 15.9 Å². The first-order valence-electron chi connectivity index (χ1n) is 14.1. The monoisotopic (exact) mass is 611 g/mol. The maximum absolute atomic E-state index is 13.5. The van der Waals surface area contributed by atoms with Gasteiger partial charge in [0, 0.05) is 30.6 Å². The number of morpholine rings is 1. The lowest BCUT2D eigenvalue weighted by molar-refractivity contribution is -0.119. The van der Waals surface area contributed by atoms with Crippen molar-refractivity contribution < 1.29 is 27.5 Å². The van der Waals surface area contributed by atoms with Gasteiger partial charge in [0.1, 0.15) is 17.6 Å². The molecule has 1 unspecified atom stereocenters. The minimum atomic E-state index is -3.56. The first kappa shape index (κ1) is 28.7. The van der Waals surface area contributed by atoms with E-state index in [1.165, 1.54) is 22.3 Å². The van der Waals surface area contributed by atoms with Gasteiger partial charge in [-0.05, 0) is 56.5 Å². The fourth-order valence-corrected chi connectivity index (χ4v) is 7.85. The zero-order valence-electron chi connectivity index (χ0n) is 23.5. The fourth-order valence-electron chi connectivity index (χ4n) is 5.75. The van der Waals surface area contributed by atoms with Gasteiger partial charge < -0.3 is 24.6 Å². The molecular weight excluding hydrogens is 578 g/mol. The molecule has 3 atom stereocenters. The first-order chi connectivity index (χ1) is 20.2. The van der Waals surface area contributed by atoms with Crippen LogP contribution >= 0.6 is 11.3 Å². The molecule has 5 heterocycles. The summed E-state index contributed by atoms with van der Waals surface area (Å²) >= 11 is 1.30. The van der Waals surface area contributed by atoms with Gasteiger partial charge in [-0.3, -0.25) is 9.59 Å². The number of aromatic nitrogens is 2. The van der Waals surface area contributed by atoms with Gasteiger partial charge in [-0.15, -0.1) is 11.3 Å². The van der Waals surface area contributed by atoms with Crippen LogP contribution in [0.1, 0.15) is 42.6 Å². The Bertz CT molecular complexity index is 1600. The molecule has 0 aliphatic carbocycles. The topological polar surface area (TPSA) is 131 Å². The van der Waals surface area contributed by atoms with Gasteiger partial charge >= 0.3 is 0 Å². The second-order valence-electron chi connectivity index (χ2n) is 10.9. The Morgan fingerprint density at radius 2 is 1.88 bits per heavy atom. The molecule has 3 aromatic rings. The number of benzene rings is 1. The first-order valence-corrected chi connectivity index (χ1v) is 16.6. The standard InChI is InChI=1S/C29H33N5O6S2/c1-18-14-33(15-19(2)40-18)26-7-3-5-22(30-26)23-17-41-29(31-23)32-27(35)24-6-4-10-34(24)28(36)20-8-9-21-16-39-11-12-42(37,38)25(21)13-20/h3,5,7-9,13,17-19,24H,4,6,10-12,14-16H2,1-2H3,(H,31,32,35)/t18-,19+,24?. The molecule has 42 heavy (non-hydrogen) atoms. The highest BCUT2D eigenvalue weighted by atomic mass is 32.2. The highest BCUT2D eigenvalue weighted by Gasteiger charge is 2.36. The van der Waals surface area contributed by atoms with Crippen LogP contribution in [0.2, 0.25) is 0 Å². The molecule has 3 aliphatic rings. The van der Waals surface area contributed by atoms with Crippen molar-refractivity contribution in [1.29, 1.82) is 0 Å². The Morgan fingerprint density at radius 1 is 1.07 bits per heavy atom. The maximum Gasteiger partial charge on any atom is 0.254 e. The van der Waals surface area contributed by atoms with E-state index in [-0.39, 0.29) is 53.4 Å². The average molecular weight is 612 g/mol. The average Bonchev–Trinajstić information content (AvgIpc) is 3.62. The highest BCUT2D eigenvalue weighted by molar-refractivity contribution is 7.91. The van der Waals surface area contributed by atoms with Gasteiger partial charge in [-0.2, -0.15) is 0 Å². The zero-order valence-corrected chi connectivity index (χ0v) is 25.1. The quantitative estimate of drug-likeness (QED) is 0.461. The number of anilines is 2. The Labute approximate surface area is 248 Å². The number of hydrogen-bond donors (Lipinski definition) is 1. The molecule has 2 aromatic heterocycles. The van der Waals surface area contributed by atoms with Crippen LogP contribution in [0.3, 0.4) is 0 Å². The molecule has 6 rings (SSSR count). The number of nitrogens with zero attached hydrogens (tertiary/aromatic N) is 4. The van der Waals surface area contributed by atoms with Crippen molar-refractivity contribution in [2.45, 2.75) is 56.4 Å². The molecule has 222 valence electrons. The molecule has 0 saturated carbocycles. The van der Waals surface area contributed by atoms with Crippen molar-refractivity contribution in [2.75, 3.05) is 42.2 Å². The molecule has 3 aliphatic heterocycles. The molecule has 2 amide bonds. The van der Waals surface area contributed by atoms with Crippen molar-refractivity contribution >= 4 is 43.9 Å². The lowest BCUT2D eigenvalue weighted by atomic mass is 10.1. The lowest BCUT2D eigenvalue weighted by Crippen LogP contribution is -2.45. The molecule has 1 aromatic carbocycles. The van der Waals surface area contributed by atoms with Crippen LogP contribution in [0.4, 0.5) is 10.9 Å². The Hall–Kier alpha value is -3.39. The molecule has 0 radical (unpaired) electrons. The van der Waals surface area contributed by atoms with E-state index in [0.717, 1.165) is 18.9 Å². The van der Waals surface area contributed by atoms with E-state index in [9.17, 15) is 18.0 Å². The molecule has 0 bridgehead atoms. The van der Waals surface area contributed by atoms with Gasteiger partial charge in [0.25, 0.3) is 5.91 Å². The van der Waals surface area contributed by atoms with Crippen LogP contribution in [-0.4, -0.2) is 85.3 Å². The van der Waals surface area contributed by atoms with Crippen LogP contribution in [0.15, 0.2) is 46.7 Å². The number of sulfone groups is 1. The fraction of sp³-hybridized carbons (Fsp3) is 0.448. The van der Waals surface area contributed by atoms with Crippen LogP contribution in [-0.2, 0) is 30.7 Å². The number of likely N-dealkylation sites (tertiary alicyclic amines) is 1. The summed E-state index contributed by atoms with van der Waals surface area (Å²) in [7, 11) is -3.56. The maximum atomic E-state index is 13.5. The molecule has 11 nitrogen and oxygen atoms in total. The van der Waals surface area contributed by atoms with Crippen LogP contribution < -0.4 is 10.2 Å². The summed E-state index contributed by atoms with van der Waals surface area (Å²) in [6, 6.07) is 9.77. The smallest absolute Gasteiger partial charge is 0.254 e. The summed E-state index contributed by atoms with van der Waals surface area (Å²) in [6.45, 7) is 6.31. The normalized spacial score (nSPS) is 23.7. The van der Waals surface area contributed by atoms with Crippen molar-refractivity contribution in [1.82, 2.24) is 14.9 Å². The summed E-state index contributed by atoms with van der Waals surface area (Å²) in [5, 5.41) is 5.15. The predicted octanol–water partition coefficient (Wildman–Crippen LogP) is 3.37. The van der Waals surface area contributed by atoms with Gasteiger partial charge in [0.2, 0.25) is 5.91 Å². The van der Waals surface area contributed by atoms with Gasteiger partial charge in [-0.25, -0.2) is 18.4 Å². The third kappa shape index (κ3) is 5.91. The molecule has 0 spiro atoms. The van der Waals surface area contributed by atoms with Crippen molar-refractivity contribution in [3.05, 3.63) is 52.9 Å². The summed E-state index contributed by atoms with van der Waals surface area (Å²) in [5.74, 6) is 0.0263. The summed E-state index contributed by atoms with van der Waals surface area (Å²) in [4.78, 5) is 40.1. The zero-order chi connectivity index (χ0) is 29.4.